The summed E-state index contributed by atoms with van der Waals surface area (Å²) in [5.41, 5.74) is 1.19. The molecule has 0 saturated heterocycles. The van der Waals surface area contributed by atoms with Gasteiger partial charge in [0.05, 0.1) is 5.56 Å². The first-order valence-corrected chi connectivity index (χ1v) is 6.84. The van der Waals surface area contributed by atoms with Gasteiger partial charge >= 0.3 is 5.97 Å². The minimum Gasteiger partial charge on any atom is -0.480 e. The molecular weight excluding hydrogens is 256 g/mol. The van der Waals surface area contributed by atoms with E-state index in [0.29, 0.717) is 5.56 Å². The van der Waals surface area contributed by atoms with Gasteiger partial charge < -0.3 is 15.7 Å². The molecule has 0 saturated carbocycles. The van der Waals surface area contributed by atoms with Crippen molar-refractivity contribution >= 4 is 17.6 Å². The van der Waals surface area contributed by atoms with E-state index in [1.807, 2.05) is 19.1 Å². The molecule has 0 aliphatic carbocycles. The van der Waals surface area contributed by atoms with Gasteiger partial charge in [0.15, 0.2) is 0 Å². The number of carboxylic acid groups (broad SMARTS) is 1. The number of hydrogen-bond donors (Lipinski definition) is 3. The van der Waals surface area contributed by atoms with Crippen LogP contribution >= 0.6 is 0 Å². The van der Waals surface area contributed by atoms with Crippen LogP contribution in [0.25, 0.3) is 0 Å². The lowest BCUT2D eigenvalue weighted by Gasteiger charge is -2.19. The molecule has 1 rings (SSSR count). The van der Waals surface area contributed by atoms with Gasteiger partial charge in [-0.1, -0.05) is 32.9 Å². The zero-order valence-corrected chi connectivity index (χ0v) is 12.1. The van der Waals surface area contributed by atoms with E-state index in [0.717, 1.165) is 18.7 Å². The van der Waals surface area contributed by atoms with Crippen LogP contribution in [0.5, 0.6) is 0 Å². The minimum absolute atomic E-state index is 0.174. The molecular formula is C15H22N2O3. The lowest BCUT2D eigenvalue weighted by Crippen LogP contribution is -2.44. The van der Waals surface area contributed by atoms with E-state index in [4.69, 9.17) is 5.11 Å². The molecule has 0 aliphatic rings. The Morgan fingerprint density at radius 3 is 2.45 bits per heavy atom. The zero-order valence-electron chi connectivity index (χ0n) is 12.1. The van der Waals surface area contributed by atoms with Crippen LogP contribution in [0.4, 0.5) is 5.69 Å². The molecule has 5 heteroatoms. The summed E-state index contributed by atoms with van der Waals surface area (Å²) in [7, 11) is 0. The van der Waals surface area contributed by atoms with Gasteiger partial charge in [-0.15, -0.1) is 0 Å². The second-order valence-electron chi connectivity index (χ2n) is 5.01. The molecule has 0 fully saturated rings. The first-order chi connectivity index (χ1) is 9.47. The fourth-order valence-corrected chi connectivity index (χ4v) is 1.83. The molecule has 5 nitrogen and oxygen atoms in total. The van der Waals surface area contributed by atoms with Crippen LogP contribution in [-0.2, 0) is 4.79 Å². The van der Waals surface area contributed by atoms with Crippen molar-refractivity contribution in [3.8, 4) is 0 Å². The van der Waals surface area contributed by atoms with Crippen LogP contribution in [0.3, 0.4) is 0 Å². The molecule has 0 bridgehead atoms. The standard InChI is InChI=1S/C15H22N2O3/c1-4-9-16-12-8-6-5-7-11(12)14(18)17-13(10(2)3)15(19)20/h5-8,10,13,16H,4,9H2,1-3H3,(H,17,18)(H,19,20). The highest BCUT2D eigenvalue weighted by molar-refractivity contribution is 6.01. The number of aliphatic carboxylic acids is 1. The van der Waals surface area contributed by atoms with Crippen LogP contribution in [0.15, 0.2) is 24.3 Å². The van der Waals surface area contributed by atoms with Gasteiger partial charge in [0.25, 0.3) is 5.91 Å². The van der Waals surface area contributed by atoms with E-state index in [-0.39, 0.29) is 11.8 Å². The topological polar surface area (TPSA) is 78.4 Å². The van der Waals surface area contributed by atoms with Crippen molar-refractivity contribution in [3.05, 3.63) is 29.8 Å². The molecule has 0 aromatic heterocycles. The molecule has 1 atom stereocenters. The summed E-state index contributed by atoms with van der Waals surface area (Å²) in [4.78, 5) is 23.4. The third-order valence-electron chi connectivity index (χ3n) is 2.96. The number of para-hydroxylation sites is 1. The lowest BCUT2D eigenvalue weighted by atomic mass is 10.0. The number of carbonyl (C=O) groups excluding carboxylic acids is 1. The molecule has 0 radical (unpaired) electrons. The maximum Gasteiger partial charge on any atom is 0.326 e. The van der Waals surface area contributed by atoms with Gasteiger partial charge in [-0.3, -0.25) is 4.79 Å². The normalized spacial score (nSPS) is 12.0. The molecule has 0 heterocycles. The Hall–Kier alpha value is -2.04. The van der Waals surface area contributed by atoms with Gasteiger partial charge in [0, 0.05) is 12.2 Å². The van der Waals surface area contributed by atoms with Gasteiger partial charge in [-0.2, -0.15) is 0 Å². The molecule has 1 amide bonds. The summed E-state index contributed by atoms with van der Waals surface area (Å²) >= 11 is 0. The second-order valence-corrected chi connectivity index (χ2v) is 5.01. The van der Waals surface area contributed by atoms with Crippen molar-refractivity contribution in [1.82, 2.24) is 5.32 Å². The third kappa shape index (κ3) is 4.26. The lowest BCUT2D eigenvalue weighted by molar-refractivity contribution is -0.140. The minimum atomic E-state index is -1.02. The van der Waals surface area contributed by atoms with Crippen molar-refractivity contribution in [2.24, 2.45) is 5.92 Å². The highest BCUT2D eigenvalue weighted by Gasteiger charge is 2.24. The average Bonchev–Trinajstić information content (AvgIpc) is 2.41. The maximum atomic E-state index is 12.2. The molecule has 0 spiro atoms. The SMILES string of the molecule is CCCNc1ccccc1C(=O)NC(C(=O)O)C(C)C. The highest BCUT2D eigenvalue weighted by atomic mass is 16.4. The zero-order chi connectivity index (χ0) is 15.1. The number of nitrogens with one attached hydrogen (secondary N) is 2. The van der Waals surface area contributed by atoms with Crippen LogP contribution in [0.1, 0.15) is 37.6 Å². The monoisotopic (exact) mass is 278 g/mol. The number of rotatable bonds is 7. The first kappa shape index (κ1) is 16.0. The molecule has 110 valence electrons. The molecule has 0 aliphatic heterocycles. The number of amides is 1. The summed E-state index contributed by atoms with van der Waals surface area (Å²) in [6, 6.07) is 6.22. The Kier molecular flexibility index (Phi) is 6.03. The summed E-state index contributed by atoms with van der Waals surface area (Å²) in [5, 5.41) is 14.9. The molecule has 3 N–H and O–H groups in total. The Labute approximate surface area is 119 Å². The van der Waals surface area contributed by atoms with Gasteiger partial charge in [-0.05, 0) is 24.5 Å². The van der Waals surface area contributed by atoms with Gasteiger partial charge in [0.1, 0.15) is 6.04 Å². The predicted molar refractivity (Wildman–Crippen MR) is 79.0 cm³/mol. The van der Waals surface area contributed by atoms with Crippen LogP contribution < -0.4 is 10.6 Å². The number of benzene rings is 1. The Morgan fingerprint density at radius 2 is 1.90 bits per heavy atom. The van der Waals surface area contributed by atoms with Crippen molar-refractivity contribution in [1.29, 1.82) is 0 Å². The molecule has 1 aromatic rings. The van der Waals surface area contributed by atoms with Crippen molar-refractivity contribution in [2.75, 3.05) is 11.9 Å². The number of carboxylic acids is 1. The molecule has 1 unspecified atom stereocenters. The number of anilines is 1. The van der Waals surface area contributed by atoms with Crippen molar-refractivity contribution in [3.63, 3.8) is 0 Å². The first-order valence-electron chi connectivity index (χ1n) is 6.84. The predicted octanol–water partition coefficient (Wildman–Crippen LogP) is 2.35. The smallest absolute Gasteiger partial charge is 0.326 e. The fourth-order valence-electron chi connectivity index (χ4n) is 1.83. The van der Waals surface area contributed by atoms with Gasteiger partial charge in [0.2, 0.25) is 0 Å². The van der Waals surface area contributed by atoms with E-state index >= 15 is 0 Å². The second kappa shape index (κ2) is 7.53. The van der Waals surface area contributed by atoms with E-state index in [1.54, 1.807) is 26.0 Å². The number of hydrogen-bond acceptors (Lipinski definition) is 3. The summed E-state index contributed by atoms with van der Waals surface area (Å²) < 4.78 is 0. The number of carbonyl (C=O) groups is 2. The van der Waals surface area contributed by atoms with Gasteiger partial charge in [-0.25, -0.2) is 4.79 Å². The summed E-state index contributed by atoms with van der Waals surface area (Å²) in [6.07, 6.45) is 0.944. The Balaban J connectivity index is 2.88. The Morgan fingerprint density at radius 1 is 1.25 bits per heavy atom. The van der Waals surface area contributed by atoms with E-state index < -0.39 is 12.0 Å². The average molecular weight is 278 g/mol. The summed E-state index contributed by atoms with van der Waals surface area (Å²) in [6.45, 7) is 6.33. The quantitative estimate of drug-likeness (QED) is 0.715. The van der Waals surface area contributed by atoms with Crippen LogP contribution in [0, 0.1) is 5.92 Å². The van der Waals surface area contributed by atoms with Crippen molar-refractivity contribution < 1.29 is 14.7 Å². The van der Waals surface area contributed by atoms with E-state index in [9.17, 15) is 9.59 Å². The largest absolute Gasteiger partial charge is 0.480 e. The van der Waals surface area contributed by atoms with Crippen LogP contribution in [-0.4, -0.2) is 29.6 Å². The molecule has 20 heavy (non-hydrogen) atoms. The maximum absolute atomic E-state index is 12.2. The van der Waals surface area contributed by atoms with Crippen molar-refractivity contribution in [2.45, 2.75) is 33.2 Å². The highest BCUT2D eigenvalue weighted by Crippen LogP contribution is 2.15. The fraction of sp³-hybridized carbons (Fsp3) is 0.467. The third-order valence-corrected chi connectivity index (χ3v) is 2.96. The molecule has 1 aromatic carbocycles. The van der Waals surface area contributed by atoms with Crippen LogP contribution in [0.2, 0.25) is 0 Å². The van der Waals surface area contributed by atoms with E-state index in [2.05, 4.69) is 10.6 Å². The van der Waals surface area contributed by atoms with E-state index in [1.165, 1.54) is 0 Å². The summed E-state index contributed by atoms with van der Waals surface area (Å²) in [5.74, 6) is -1.56. The Bertz CT molecular complexity index is 472.